The number of fused-ring (bicyclic) bond motifs is 5. The SMILES string of the molecule is CC(C)(C)[SiH](O[C@H]1C=C[C@@H]2[C@H]3CC[C@@H](C3)[C@@H]21)C(C)(C)C. The Hall–Kier alpha value is -0.0831. The third-order valence-electron chi connectivity index (χ3n) is 5.82. The molecule has 2 fully saturated rings. The Kier molecular flexibility index (Phi) is 3.49. The molecule has 0 amide bonds. The number of hydrogen-bond donors (Lipinski definition) is 0. The molecule has 3 aliphatic rings. The fourth-order valence-electron chi connectivity index (χ4n) is 5.52. The Morgan fingerprint density at radius 2 is 1.50 bits per heavy atom. The van der Waals surface area contributed by atoms with E-state index in [4.69, 9.17) is 4.43 Å². The predicted octanol–water partition coefficient (Wildman–Crippen LogP) is 4.93. The Morgan fingerprint density at radius 3 is 2.10 bits per heavy atom. The zero-order valence-corrected chi connectivity index (χ0v) is 15.3. The monoisotopic (exact) mass is 292 g/mol. The van der Waals surface area contributed by atoms with Crippen LogP contribution < -0.4 is 0 Å². The van der Waals surface area contributed by atoms with Crippen molar-refractivity contribution in [1.82, 2.24) is 0 Å². The van der Waals surface area contributed by atoms with Crippen molar-refractivity contribution in [2.24, 2.45) is 23.7 Å². The maximum Gasteiger partial charge on any atom is 0.188 e. The second-order valence-corrected chi connectivity index (χ2v) is 14.1. The normalized spacial score (nSPS) is 39.9. The summed E-state index contributed by atoms with van der Waals surface area (Å²) in [7, 11) is -1.29. The molecule has 0 aromatic carbocycles. The molecule has 1 nitrogen and oxygen atoms in total. The van der Waals surface area contributed by atoms with Gasteiger partial charge < -0.3 is 4.43 Å². The summed E-state index contributed by atoms with van der Waals surface area (Å²) in [6, 6.07) is 0. The van der Waals surface area contributed by atoms with Gasteiger partial charge in [0, 0.05) is 0 Å². The van der Waals surface area contributed by atoms with Crippen LogP contribution in [0.5, 0.6) is 0 Å². The number of allylic oxidation sites excluding steroid dienone is 1. The lowest BCUT2D eigenvalue weighted by molar-refractivity contribution is 0.113. The molecule has 0 N–H and O–H groups in total. The zero-order valence-electron chi connectivity index (χ0n) is 14.1. The molecular formula is C18H32OSi. The quantitative estimate of drug-likeness (QED) is 0.518. The highest BCUT2D eigenvalue weighted by Crippen LogP contribution is 2.57. The van der Waals surface area contributed by atoms with E-state index >= 15 is 0 Å². The minimum absolute atomic E-state index is 0.335. The van der Waals surface area contributed by atoms with Gasteiger partial charge in [0.05, 0.1) is 6.10 Å². The molecule has 114 valence electrons. The van der Waals surface area contributed by atoms with Gasteiger partial charge in [-0.25, -0.2) is 0 Å². The van der Waals surface area contributed by atoms with E-state index < -0.39 is 9.04 Å². The molecule has 3 rings (SSSR count). The van der Waals surface area contributed by atoms with E-state index in [9.17, 15) is 0 Å². The summed E-state index contributed by atoms with van der Waals surface area (Å²) in [5.41, 5.74) is 0. The van der Waals surface area contributed by atoms with Crippen LogP contribution in [0.2, 0.25) is 10.1 Å². The van der Waals surface area contributed by atoms with Crippen LogP contribution in [0.1, 0.15) is 60.8 Å². The molecule has 5 atom stereocenters. The standard InChI is InChI=1S/C18H32OSi/c1-17(2,3)20(18(4,5)6)19-15-10-9-14-12-7-8-13(11-12)16(14)15/h9-10,12-16,20H,7-8,11H2,1-6H3/t12-,13-,14+,15-,16-/m0/s1. The second-order valence-electron chi connectivity index (χ2n) is 9.59. The van der Waals surface area contributed by atoms with Gasteiger partial charge in [-0.1, -0.05) is 53.7 Å². The van der Waals surface area contributed by atoms with Crippen molar-refractivity contribution >= 4 is 9.04 Å². The highest BCUT2D eigenvalue weighted by atomic mass is 28.3. The largest absolute Gasteiger partial charge is 0.412 e. The first kappa shape index (κ1) is 14.8. The summed E-state index contributed by atoms with van der Waals surface area (Å²) in [5, 5.41) is 0.670. The molecule has 2 saturated carbocycles. The lowest BCUT2D eigenvalue weighted by Crippen LogP contribution is -2.43. The molecule has 0 radical (unpaired) electrons. The van der Waals surface area contributed by atoms with Crippen molar-refractivity contribution in [3.05, 3.63) is 12.2 Å². The molecule has 2 heteroatoms. The van der Waals surface area contributed by atoms with E-state index in [-0.39, 0.29) is 0 Å². The zero-order chi connectivity index (χ0) is 14.7. The first-order valence-corrected chi connectivity index (χ1v) is 10.1. The molecule has 0 heterocycles. The summed E-state index contributed by atoms with van der Waals surface area (Å²) >= 11 is 0. The van der Waals surface area contributed by atoms with Gasteiger partial charge in [-0.2, -0.15) is 0 Å². The average Bonchev–Trinajstić information content (AvgIpc) is 2.96. The van der Waals surface area contributed by atoms with Gasteiger partial charge in [-0.15, -0.1) is 0 Å². The molecule has 0 spiro atoms. The van der Waals surface area contributed by atoms with E-state index in [2.05, 4.69) is 53.7 Å². The second kappa shape index (κ2) is 4.71. The topological polar surface area (TPSA) is 9.23 Å². The Labute approximate surface area is 126 Å². The van der Waals surface area contributed by atoms with Crippen molar-refractivity contribution in [2.75, 3.05) is 0 Å². The molecular weight excluding hydrogens is 260 g/mol. The smallest absolute Gasteiger partial charge is 0.188 e. The van der Waals surface area contributed by atoms with Gasteiger partial charge >= 0.3 is 0 Å². The molecule has 0 aromatic heterocycles. The minimum Gasteiger partial charge on any atom is -0.412 e. The van der Waals surface area contributed by atoms with Crippen LogP contribution in [0.15, 0.2) is 12.2 Å². The van der Waals surface area contributed by atoms with Crippen LogP contribution in [0.3, 0.4) is 0 Å². The van der Waals surface area contributed by atoms with E-state index in [1.807, 2.05) is 0 Å². The summed E-state index contributed by atoms with van der Waals surface area (Å²) in [4.78, 5) is 0. The Balaban J connectivity index is 1.76. The van der Waals surface area contributed by atoms with Crippen molar-refractivity contribution in [3.63, 3.8) is 0 Å². The van der Waals surface area contributed by atoms with Gasteiger partial charge in [0.1, 0.15) is 0 Å². The van der Waals surface area contributed by atoms with Crippen molar-refractivity contribution < 1.29 is 4.43 Å². The first-order valence-electron chi connectivity index (χ1n) is 8.52. The van der Waals surface area contributed by atoms with Crippen LogP contribution in [0, 0.1) is 23.7 Å². The van der Waals surface area contributed by atoms with Crippen LogP contribution in [-0.4, -0.2) is 15.1 Å². The molecule has 2 bridgehead atoms. The van der Waals surface area contributed by atoms with Crippen molar-refractivity contribution in [1.29, 1.82) is 0 Å². The van der Waals surface area contributed by atoms with Crippen molar-refractivity contribution in [3.8, 4) is 0 Å². The highest BCUT2D eigenvalue weighted by molar-refractivity contribution is 6.58. The third kappa shape index (κ3) is 2.43. The average molecular weight is 293 g/mol. The van der Waals surface area contributed by atoms with E-state index in [0.717, 1.165) is 23.7 Å². The van der Waals surface area contributed by atoms with E-state index in [1.54, 1.807) is 0 Å². The van der Waals surface area contributed by atoms with Gasteiger partial charge in [0.15, 0.2) is 9.04 Å². The number of hydrogen-bond acceptors (Lipinski definition) is 1. The predicted molar refractivity (Wildman–Crippen MR) is 88.4 cm³/mol. The first-order chi connectivity index (χ1) is 9.18. The molecule has 0 aliphatic heterocycles. The molecule has 0 unspecified atom stereocenters. The van der Waals surface area contributed by atoms with Crippen LogP contribution in [0.25, 0.3) is 0 Å². The van der Waals surface area contributed by atoms with Crippen molar-refractivity contribution in [2.45, 2.75) is 77.0 Å². The molecule has 0 aromatic rings. The molecule has 3 aliphatic carbocycles. The maximum atomic E-state index is 6.86. The van der Waals surface area contributed by atoms with Gasteiger partial charge in [0.2, 0.25) is 0 Å². The summed E-state index contributed by atoms with van der Waals surface area (Å²) < 4.78 is 6.86. The summed E-state index contributed by atoms with van der Waals surface area (Å²) in [6.07, 6.45) is 9.79. The molecule has 0 saturated heterocycles. The highest BCUT2D eigenvalue weighted by Gasteiger charge is 2.53. The maximum absolute atomic E-state index is 6.86. The van der Waals surface area contributed by atoms with Crippen LogP contribution in [-0.2, 0) is 4.43 Å². The lowest BCUT2D eigenvalue weighted by atomic mass is 9.80. The molecule has 20 heavy (non-hydrogen) atoms. The van der Waals surface area contributed by atoms with E-state index in [1.165, 1.54) is 19.3 Å². The van der Waals surface area contributed by atoms with Gasteiger partial charge in [-0.05, 0) is 53.0 Å². The summed E-state index contributed by atoms with van der Waals surface area (Å²) in [6.45, 7) is 14.3. The van der Waals surface area contributed by atoms with Gasteiger partial charge in [0.25, 0.3) is 0 Å². The van der Waals surface area contributed by atoms with E-state index in [0.29, 0.717) is 16.2 Å². The van der Waals surface area contributed by atoms with Crippen LogP contribution in [0.4, 0.5) is 0 Å². The fraction of sp³-hybridized carbons (Fsp3) is 0.889. The van der Waals surface area contributed by atoms with Gasteiger partial charge in [-0.3, -0.25) is 0 Å². The minimum atomic E-state index is -1.29. The van der Waals surface area contributed by atoms with Crippen LogP contribution >= 0.6 is 0 Å². The Morgan fingerprint density at radius 1 is 0.900 bits per heavy atom. The Bertz CT molecular complexity index is 387. The fourth-order valence-corrected chi connectivity index (χ4v) is 9.52. The lowest BCUT2D eigenvalue weighted by Gasteiger charge is -2.42. The third-order valence-corrected chi connectivity index (χ3v) is 9.55. The number of rotatable bonds is 2. The summed E-state index contributed by atoms with van der Waals surface area (Å²) in [5.74, 6) is 3.63.